The second kappa shape index (κ2) is 6.02. The van der Waals surface area contributed by atoms with E-state index in [9.17, 15) is 8.42 Å². The minimum Gasteiger partial charge on any atom is -0.383 e. The van der Waals surface area contributed by atoms with Gasteiger partial charge < -0.3 is 4.74 Å². The van der Waals surface area contributed by atoms with Gasteiger partial charge in [0.2, 0.25) is 10.0 Å². The van der Waals surface area contributed by atoms with Crippen molar-refractivity contribution < 1.29 is 13.2 Å². The quantitative estimate of drug-likeness (QED) is 0.907. The van der Waals surface area contributed by atoms with Crippen LogP contribution >= 0.6 is 23.2 Å². The molecule has 4 nitrogen and oxygen atoms in total. The lowest BCUT2D eigenvalue weighted by atomic mass is 10.4. The van der Waals surface area contributed by atoms with Gasteiger partial charge in [0.05, 0.1) is 11.5 Å². The van der Waals surface area contributed by atoms with Crippen molar-refractivity contribution in [3.05, 3.63) is 28.2 Å². The molecule has 0 saturated heterocycles. The number of sulfonamides is 1. The van der Waals surface area contributed by atoms with Gasteiger partial charge in [0.15, 0.2) is 0 Å². The molecule has 17 heavy (non-hydrogen) atoms. The van der Waals surface area contributed by atoms with Crippen molar-refractivity contribution in [1.29, 1.82) is 0 Å². The van der Waals surface area contributed by atoms with Crippen molar-refractivity contribution >= 4 is 33.2 Å². The molecule has 0 spiro atoms. The Labute approximate surface area is 111 Å². The van der Waals surface area contributed by atoms with E-state index in [0.717, 1.165) is 0 Å². The van der Waals surface area contributed by atoms with Crippen molar-refractivity contribution in [2.75, 3.05) is 13.7 Å². The molecule has 0 amide bonds. The Balaban J connectivity index is 2.97. The third kappa shape index (κ3) is 4.44. The van der Waals surface area contributed by atoms with Crippen LogP contribution in [0.4, 0.5) is 0 Å². The number of hydrogen-bond acceptors (Lipinski definition) is 3. The SMILES string of the molecule is COCC(C)NS(=O)(=O)c1cc(Cl)cc(Cl)c1. The van der Waals surface area contributed by atoms with Crippen molar-refractivity contribution in [2.45, 2.75) is 17.9 Å². The molecule has 1 aromatic carbocycles. The molecule has 7 heteroatoms. The summed E-state index contributed by atoms with van der Waals surface area (Å²) in [4.78, 5) is 0.0398. The van der Waals surface area contributed by atoms with Crippen molar-refractivity contribution in [1.82, 2.24) is 4.72 Å². The summed E-state index contributed by atoms with van der Waals surface area (Å²) in [6.45, 7) is 1.99. The molecule has 1 N–H and O–H groups in total. The van der Waals surface area contributed by atoms with Crippen LogP contribution in [0.1, 0.15) is 6.92 Å². The number of nitrogens with one attached hydrogen (secondary N) is 1. The van der Waals surface area contributed by atoms with E-state index in [1.54, 1.807) is 6.92 Å². The maximum Gasteiger partial charge on any atom is 0.240 e. The molecule has 0 aliphatic rings. The summed E-state index contributed by atoms with van der Waals surface area (Å²) in [6.07, 6.45) is 0. The highest BCUT2D eigenvalue weighted by Gasteiger charge is 2.18. The fraction of sp³-hybridized carbons (Fsp3) is 0.400. The van der Waals surface area contributed by atoms with E-state index < -0.39 is 10.0 Å². The lowest BCUT2D eigenvalue weighted by Gasteiger charge is -2.13. The molecule has 0 heterocycles. The highest BCUT2D eigenvalue weighted by atomic mass is 35.5. The standard InChI is InChI=1S/C10H13Cl2NO3S/c1-7(6-16-2)13-17(14,15)10-4-8(11)3-9(12)5-10/h3-5,7,13H,6H2,1-2H3. The second-order valence-electron chi connectivity index (χ2n) is 3.58. The van der Waals surface area contributed by atoms with E-state index in [0.29, 0.717) is 0 Å². The van der Waals surface area contributed by atoms with E-state index >= 15 is 0 Å². The average Bonchev–Trinajstić information content (AvgIpc) is 2.15. The zero-order chi connectivity index (χ0) is 13.1. The van der Waals surface area contributed by atoms with Crippen LogP contribution in [0.2, 0.25) is 10.0 Å². The average molecular weight is 298 g/mol. The maximum atomic E-state index is 11.9. The van der Waals surface area contributed by atoms with Crippen LogP contribution in [0.25, 0.3) is 0 Å². The first kappa shape index (κ1) is 14.7. The summed E-state index contributed by atoms with van der Waals surface area (Å²) < 4.78 is 31.2. The van der Waals surface area contributed by atoms with Crippen LogP contribution in [-0.2, 0) is 14.8 Å². The molecule has 0 aliphatic heterocycles. The maximum absolute atomic E-state index is 11.9. The van der Waals surface area contributed by atoms with Crippen LogP contribution in [0.15, 0.2) is 23.1 Å². The van der Waals surface area contributed by atoms with Crippen LogP contribution < -0.4 is 4.72 Å². The predicted molar refractivity (Wildman–Crippen MR) is 68.1 cm³/mol. The molecule has 1 atom stereocenters. The summed E-state index contributed by atoms with van der Waals surface area (Å²) in [7, 11) is -2.12. The van der Waals surface area contributed by atoms with E-state index in [1.165, 1.54) is 25.3 Å². The van der Waals surface area contributed by atoms with Crippen molar-refractivity contribution in [3.8, 4) is 0 Å². The third-order valence-electron chi connectivity index (χ3n) is 1.92. The van der Waals surface area contributed by atoms with Crippen LogP contribution in [0.3, 0.4) is 0 Å². The van der Waals surface area contributed by atoms with Gasteiger partial charge in [0.1, 0.15) is 0 Å². The molecule has 1 aromatic rings. The first-order chi connectivity index (χ1) is 7.85. The Morgan fingerprint density at radius 3 is 2.29 bits per heavy atom. The van der Waals surface area contributed by atoms with Gasteiger partial charge >= 0.3 is 0 Å². The molecule has 0 aromatic heterocycles. The highest BCUT2D eigenvalue weighted by molar-refractivity contribution is 7.89. The molecule has 96 valence electrons. The summed E-state index contributed by atoms with van der Waals surface area (Å²) >= 11 is 11.5. The van der Waals surface area contributed by atoms with Gasteiger partial charge in [0, 0.05) is 23.2 Å². The number of rotatable bonds is 5. The minimum absolute atomic E-state index is 0.0398. The molecular weight excluding hydrogens is 285 g/mol. The molecule has 0 radical (unpaired) electrons. The number of ether oxygens (including phenoxy) is 1. The number of benzene rings is 1. The third-order valence-corrected chi connectivity index (χ3v) is 3.92. The Bertz CT molecular complexity index is 470. The molecular formula is C10H13Cl2NO3S. The van der Waals surface area contributed by atoms with Crippen LogP contribution in [0, 0.1) is 0 Å². The molecule has 0 fully saturated rings. The normalized spacial score (nSPS) is 13.6. The predicted octanol–water partition coefficient (Wildman–Crippen LogP) is 2.31. The smallest absolute Gasteiger partial charge is 0.240 e. The van der Waals surface area contributed by atoms with E-state index in [2.05, 4.69) is 4.72 Å². The molecule has 0 saturated carbocycles. The van der Waals surface area contributed by atoms with Crippen molar-refractivity contribution in [3.63, 3.8) is 0 Å². The summed E-state index contributed by atoms with van der Waals surface area (Å²) in [5.74, 6) is 0. The molecule has 0 bridgehead atoms. The van der Waals surface area contributed by atoms with Gasteiger partial charge in [-0.3, -0.25) is 0 Å². The van der Waals surface area contributed by atoms with Crippen molar-refractivity contribution in [2.24, 2.45) is 0 Å². The van der Waals surface area contributed by atoms with E-state index in [-0.39, 0.29) is 27.6 Å². The van der Waals surface area contributed by atoms with Crippen LogP contribution in [0.5, 0.6) is 0 Å². The first-order valence-corrected chi connectivity index (χ1v) is 7.06. The first-order valence-electron chi connectivity index (χ1n) is 4.82. The second-order valence-corrected chi connectivity index (χ2v) is 6.17. The Morgan fingerprint density at radius 2 is 1.82 bits per heavy atom. The Kier molecular flexibility index (Phi) is 5.22. The number of halogens is 2. The topological polar surface area (TPSA) is 55.4 Å². The minimum atomic E-state index is -3.63. The lowest BCUT2D eigenvalue weighted by Crippen LogP contribution is -2.35. The molecule has 1 unspecified atom stereocenters. The van der Waals surface area contributed by atoms with Gasteiger partial charge in [-0.1, -0.05) is 23.2 Å². The van der Waals surface area contributed by atoms with Gasteiger partial charge in [-0.2, -0.15) is 0 Å². The Morgan fingerprint density at radius 1 is 1.29 bits per heavy atom. The van der Waals surface area contributed by atoms with Gasteiger partial charge in [-0.05, 0) is 25.1 Å². The fourth-order valence-corrected chi connectivity index (χ4v) is 3.25. The monoisotopic (exact) mass is 297 g/mol. The van der Waals surface area contributed by atoms with E-state index in [1.807, 2.05) is 0 Å². The van der Waals surface area contributed by atoms with Gasteiger partial charge in [-0.25, -0.2) is 13.1 Å². The zero-order valence-corrected chi connectivity index (χ0v) is 11.7. The Hall–Kier alpha value is -0.330. The zero-order valence-electron chi connectivity index (χ0n) is 9.41. The fourth-order valence-electron chi connectivity index (χ4n) is 1.30. The highest BCUT2D eigenvalue weighted by Crippen LogP contribution is 2.22. The van der Waals surface area contributed by atoms with Gasteiger partial charge in [-0.15, -0.1) is 0 Å². The summed E-state index contributed by atoms with van der Waals surface area (Å²) in [5.41, 5.74) is 0. The molecule has 1 rings (SSSR count). The van der Waals surface area contributed by atoms with E-state index in [4.69, 9.17) is 27.9 Å². The number of methoxy groups -OCH3 is 1. The summed E-state index contributed by atoms with van der Waals surface area (Å²) in [6, 6.07) is 3.83. The van der Waals surface area contributed by atoms with Crippen LogP contribution in [-0.4, -0.2) is 28.2 Å². The summed E-state index contributed by atoms with van der Waals surface area (Å²) in [5, 5.41) is 0.550. The lowest BCUT2D eigenvalue weighted by molar-refractivity contribution is 0.180. The largest absolute Gasteiger partial charge is 0.383 e. The van der Waals surface area contributed by atoms with Gasteiger partial charge in [0.25, 0.3) is 0 Å². The number of hydrogen-bond donors (Lipinski definition) is 1. The molecule has 0 aliphatic carbocycles.